The van der Waals surface area contributed by atoms with E-state index in [1.165, 1.54) is 4.90 Å². The van der Waals surface area contributed by atoms with Gasteiger partial charge in [-0.05, 0) is 19.1 Å². The van der Waals surface area contributed by atoms with Gasteiger partial charge in [-0.15, -0.1) is 0 Å². The number of Topliss-reactive ketones (excluding diaryl/α,β-unsaturated/α-hetero) is 1. The third-order valence-electron chi connectivity index (χ3n) is 2.91. The van der Waals surface area contributed by atoms with E-state index in [9.17, 15) is 9.59 Å². The van der Waals surface area contributed by atoms with Crippen molar-refractivity contribution in [2.45, 2.75) is 6.92 Å². The number of benzene rings is 1. The number of ketones is 1. The van der Waals surface area contributed by atoms with Crippen molar-refractivity contribution in [2.75, 3.05) is 32.9 Å². The van der Waals surface area contributed by atoms with Crippen LogP contribution >= 0.6 is 0 Å². The summed E-state index contributed by atoms with van der Waals surface area (Å²) in [5, 5.41) is 0. The lowest BCUT2D eigenvalue weighted by molar-refractivity contribution is -0.141. The Kier molecular flexibility index (Phi) is 4.52. The summed E-state index contributed by atoms with van der Waals surface area (Å²) in [5.41, 5.74) is 0.517. The summed E-state index contributed by atoms with van der Waals surface area (Å²) in [6.45, 7) is 3.44. The highest BCUT2D eigenvalue weighted by molar-refractivity contribution is 6.01. The number of hydrogen-bond acceptors (Lipinski definition) is 4. The third-order valence-corrected chi connectivity index (χ3v) is 2.91. The van der Waals surface area contributed by atoms with E-state index in [4.69, 9.17) is 9.47 Å². The number of morpholine rings is 1. The minimum atomic E-state index is -0.145. The summed E-state index contributed by atoms with van der Waals surface area (Å²) >= 11 is 0. The van der Waals surface area contributed by atoms with Gasteiger partial charge in [-0.1, -0.05) is 12.1 Å². The molecule has 1 aromatic rings. The van der Waals surface area contributed by atoms with Gasteiger partial charge in [-0.2, -0.15) is 0 Å². The molecule has 1 aliphatic heterocycles. The Balaban J connectivity index is 2.09. The summed E-state index contributed by atoms with van der Waals surface area (Å²) in [7, 11) is 0. The molecule has 0 saturated carbocycles. The van der Waals surface area contributed by atoms with E-state index < -0.39 is 0 Å². The molecule has 0 aromatic heterocycles. The lowest BCUT2D eigenvalue weighted by Gasteiger charge is -2.26. The molecule has 0 spiro atoms. The molecule has 0 radical (unpaired) electrons. The summed E-state index contributed by atoms with van der Waals surface area (Å²) in [6.07, 6.45) is 0. The summed E-state index contributed by atoms with van der Waals surface area (Å²) < 4.78 is 10.5. The topological polar surface area (TPSA) is 55.8 Å². The fraction of sp³-hybridized carbons (Fsp3) is 0.429. The van der Waals surface area contributed by atoms with Crippen LogP contribution < -0.4 is 4.74 Å². The van der Waals surface area contributed by atoms with E-state index in [0.29, 0.717) is 31.1 Å². The van der Waals surface area contributed by atoms with Crippen LogP contribution in [0.5, 0.6) is 5.75 Å². The zero-order valence-electron chi connectivity index (χ0n) is 10.9. The first kappa shape index (κ1) is 13.5. The Bertz CT molecular complexity index is 472. The fourth-order valence-corrected chi connectivity index (χ4v) is 1.95. The lowest BCUT2D eigenvalue weighted by atomic mass is 10.1. The number of carbonyl (C=O) groups excluding carboxylic acids is 2. The van der Waals surface area contributed by atoms with Crippen molar-refractivity contribution >= 4 is 11.7 Å². The quantitative estimate of drug-likeness (QED) is 0.747. The third kappa shape index (κ3) is 3.32. The normalized spacial score (nSPS) is 15.4. The van der Waals surface area contributed by atoms with E-state index in [1.54, 1.807) is 18.2 Å². The van der Waals surface area contributed by atoms with Gasteiger partial charge in [0.25, 0.3) is 0 Å². The van der Waals surface area contributed by atoms with Crippen LogP contribution in [0.4, 0.5) is 0 Å². The Morgan fingerprint density at radius 1 is 1.42 bits per heavy atom. The molecule has 19 heavy (non-hydrogen) atoms. The standard InChI is InChI=1S/C14H17NO4/c1-2-19-13-6-4-3-5-11(13)12(16)9-15-7-8-18-10-14(15)17/h3-6H,2,7-10H2,1H3. The monoisotopic (exact) mass is 263 g/mol. The van der Waals surface area contributed by atoms with Crippen molar-refractivity contribution < 1.29 is 19.1 Å². The van der Waals surface area contributed by atoms with Gasteiger partial charge >= 0.3 is 0 Å². The maximum atomic E-state index is 12.2. The molecule has 5 nitrogen and oxygen atoms in total. The van der Waals surface area contributed by atoms with E-state index in [1.807, 2.05) is 13.0 Å². The number of ether oxygens (including phenoxy) is 2. The number of amides is 1. The molecular formula is C14H17NO4. The largest absolute Gasteiger partial charge is 0.493 e. The van der Waals surface area contributed by atoms with Gasteiger partial charge < -0.3 is 14.4 Å². The Morgan fingerprint density at radius 3 is 2.95 bits per heavy atom. The molecule has 0 N–H and O–H groups in total. The van der Waals surface area contributed by atoms with Crippen LogP contribution in [0.25, 0.3) is 0 Å². The van der Waals surface area contributed by atoms with E-state index >= 15 is 0 Å². The van der Waals surface area contributed by atoms with Crippen molar-refractivity contribution in [1.29, 1.82) is 0 Å². The molecule has 0 aliphatic carbocycles. The predicted octanol–water partition coefficient (Wildman–Crippen LogP) is 1.13. The van der Waals surface area contributed by atoms with Gasteiger partial charge in [-0.25, -0.2) is 0 Å². The molecule has 1 saturated heterocycles. The molecule has 2 rings (SSSR count). The highest BCUT2D eigenvalue weighted by Gasteiger charge is 2.22. The van der Waals surface area contributed by atoms with Crippen LogP contribution in [0, 0.1) is 0 Å². The first-order chi connectivity index (χ1) is 9.22. The Labute approximate surface area is 112 Å². The Hall–Kier alpha value is -1.88. The van der Waals surface area contributed by atoms with Gasteiger partial charge in [0, 0.05) is 6.54 Å². The minimum absolute atomic E-state index is 0.0559. The van der Waals surface area contributed by atoms with Crippen molar-refractivity contribution in [3.05, 3.63) is 29.8 Å². The number of carbonyl (C=O) groups is 2. The number of hydrogen-bond donors (Lipinski definition) is 0. The molecule has 0 unspecified atom stereocenters. The number of rotatable bonds is 5. The first-order valence-electron chi connectivity index (χ1n) is 6.33. The van der Waals surface area contributed by atoms with Crippen LogP contribution in [0.2, 0.25) is 0 Å². The molecule has 1 aromatic carbocycles. The zero-order valence-corrected chi connectivity index (χ0v) is 10.9. The molecule has 1 amide bonds. The highest BCUT2D eigenvalue weighted by atomic mass is 16.5. The van der Waals surface area contributed by atoms with Crippen LogP contribution in [0.1, 0.15) is 17.3 Å². The molecule has 0 atom stereocenters. The zero-order chi connectivity index (χ0) is 13.7. The second-order valence-electron chi connectivity index (χ2n) is 4.22. The Morgan fingerprint density at radius 2 is 2.21 bits per heavy atom. The van der Waals surface area contributed by atoms with Crippen molar-refractivity contribution in [3.8, 4) is 5.75 Å². The van der Waals surface area contributed by atoms with Gasteiger partial charge in [0.05, 0.1) is 25.3 Å². The van der Waals surface area contributed by atoms with Gasteiger partial charge in [0.15, 0.2) is 5.78 Å². The molecule has 1 aliphatic rings. The molecule has 102 valence electrons. The molecule has 5 heteroatoms. The van der Waals surface area contributed by atoms with Gasteiger partial charge in [-0.3, -0.25) is 9.59 Å². The fourth-order valence-electron chi connectivity index (χ4n) is 1.95. The van der Waals surface area contributed by atoms with Crippen molar-refractivity contribution in [3.63, 3.8) is 0 Å². The molecular weight excluding hydrogens is 246 g/mol. The smallest absolute Gasteiger partial charge is 0.249 e. The maximum absolute atomic E-state index is 12.2. The molecule has 0 bridgehead atoms. The van der Waals surface area contributed by atoms with E-state index in [2.05, 4.69) is 0 Å². The highest BCUT2D eigenvalue weighted by Crippen LogP contribution is 2.19. The average molecular weight is 263 g/mol. The lowest BCUT2D eigenvalue weighted by Crippen LogP contribution is -2.44. The predicted molar refractivity (Wildman–Crippen MR) is 69.3 cm³/mol. The van der Waals surface area contributed by atoms with Crippen LogP contribution in [0.3, 0.4) is 0 Å². The minimum Gasteiger partial charge on any atom is -0.493 e. The van der Waals surface area contributed by atoms with Crippen molar-refractivity contribution in [1.82, 2.24) is 4.90 Å². The summed E-state index contributed by atoms with van der Waals surface area (Å²) in [5.74, 6) is 0.309. The SMILES string of the molecule is CCOc1ccccc1C(=O)CN1CCOCC1=O. The number of nitrogens with zero attached hydrogens (tertiary/aromatic N) is 1. The summed E-state index contributed by atoms with van der Waals surface area (Å²) in [6, 6.07) is 7.09. The second kappa shape index (κ2) is 6.33. The van der Waals surface area contributed by atoms with E-state index in [0.717, 1.165) is 0 Å². The van der Waals surface area contributed by atoms with Gasteiger partial charge in [0.2, 0.25) is 5.91 Å². The van der Waals surface area contributed by atoms with E-state index in [-0.39, 0.29) is 24.8 Å². The maximum Gasteiger partial charge on any atom is 0.249 e. The number of para-hydroxylation sites is 1. The van der Waals surface area contributed by atoms with Crippen LogP contribution in [0.15, 0.2) is 24.3 Å². The molecule has 1 fully saturated rings. The van der Waals surface area contributed by atoms with Crippen LogP contribution in [-0.2, 0) is 9.53 Å². The van der Waals surface area contributed by atoms with Crippen LogP contribution in [-0.4, -0.2) is 49.5 Å². The summed E-state index contributed by atoms with van der Waals surface area (Å²) in [4.78, 5) is 25.4. The van der Waals surface area contributed by atoms with Gasteiger partial charge in [0.1, 0.15) is 12.4 Å². The average Bonchev–Trinajstić information content (AvgIpc) is 2.42. The molecule has 1 heterocycles. The second-order valence-corrected chi connectivity index (χ2v) is 4.22. The van der Waals surface area contributed by atoms with Crippen molar-refractivity contribution in [2.24, 2.45) is 0 Å². The first-order valence-corrected chi connectivity index (χ1v) is 6.33.